The minimum atomic E-state index is -4.05. The second kappa shape index (κ2) is 10.7. The smallest absolute Gasteiger partial charge is 0.248 e. The summed E-state index contributed by atoms with van der Waals surface area (Å²) in [5.74, 6) is -1.17. The van der Waals surface area contributed by atoms with Gasteiger partial charge in [-0.2, -0.15) is 4.31 Å². The van der Waals surface area contributed by atoms with E-state index in [9.17, 15) is 18.0 Å². The number of nitrogens with two attached hydrogens (primary N) is 1. The van der Waals surface area contributed by atoms with Gasteiger partial charge in [-0.15, -0.1) is 0 Å². The number of benzene rings is 3. The standard InChI is InChI=1S/C22H18BrCl2N3O4S/c23-16-4-9-19(10-5-16)33(31,32)28(12-15-1-6-17(24)11-20(15)25)13-21(29)27-18-7-2-14(3-8-18)22(26)30/h1-11H,12-13H2,(H2,26,30)(H,27,29). The van der Waals surface area contributed by atoms with Gasteiger partial charge in [0.15, 0.2) is 0 Å². The fourth-order valence-electron chi connectivity index (χ4n) is 2.90. The molecule has 0 spiro atoms. The van der Waals surface area contributed by atoms with E-state index in [1.807, 2.05) is 0 Å². The van der Waals surface area contributed by atoms with Crippen molar-refractivity contribution >= 4 is 66.7 Å². The van der Waals surface area contributed by atoms with Crippen molar-refractivity contribution < 1.29 is 18.0 Å². The Balaban J connectivity index is 1.88. The molecule has 172 valence electrons. The van der Waals surface area contributed by atoms with Gasteiger partial charge in [0.25, 0.3) is 0 Å². The van der Waals surface area contributed by atoms with Gasteiger partial charge in [0.1, 0.15) is 0 Å². The number of amides is 2. The van der Waals surface area contributed by atoms with Crippen LogP contribution in [0.2, 0.25) is 10.0 Å². The van der Waals surface area contributed by atoms with Crippen LogP contribution in [0.1, 0.15) is 15.9 Å². The van der Waals surface area contributed by atoms with Crippen molar-refractivity contribution in [2.24, 2.45) is 5.73 Å². The Morgan fingerprint density at radius 1 is 0.970 bits per heavy atom. The van der Waals surface area contributed by atoms with Gasteiger partial charge in [0, 0.05) is 32.3 Å². The maximum atomic E-state index is 13.3. The van der Waals surface area contributed by atoms with E-state index in [0.717, 1.165) is 4.31 Å². The number of hydrogen-bond acceptors (Lipinski definition) is 4. The zero-order chi connectivity index (χ0) is 24.2. The second-order valence-corrected chi connectivity index (χ2v) is 10.6. The Morgan fingerprint density at radius 2 is 1.61 bits per heavy atom. The summed E-state index contributed by atoms with van der Waals surface area (Å²) in [7, 11) is -4.05. The van der Waals surface area contributed by atoms with Crippen molar-refractivity contribution in [3.8, 4) is 0 Å². The number of carbonyl (C=O) groups is 2. The third kappa shape index (κ3) is 6.55. The Kier molecular flexibility index (Phi) is 8.14. The lowest BCUT2D eigenvalue weighted by Crippen LogP contribution is -2.37. The largest absolute Gasteiger partial charge is 0.366 e. The zero-order valence-corrected chi connectivity index (χ0v) is 20.9. The van der Waals surface area contributed by atoms with E-state index in [1.54, 1.807) is 24.3 Å². The monoisotopic (exact) mass is 569 g/mol. The highest BCUT2D eigenvalue weighted by Crippen LogP contribution is 2.26. The molecule has 11 heteroatoms. The molecule has 2 amide bonds. The second-order valence-electron chi connectivity index (χ2n) is 6.95. The van der Waals surface area contributed by atoms with Gasteiger partial charge in [0.05, 0.1) is 11.4 Å². The molecule has 0 atom stereocenters. The first-order valence-corrected chi connectivity index (χ1v) is 12.4. The summed E-state index contributed by atoms with van der Waals surface area (Å²) in [5.41, 5.74) is 6.37. The summed E-state index contributed by atoms with van der Waals surface area (Å²) in [4.78, 5) is 24.0. The molecule has 3 rings (SSSR count). The van der Waals surface area contributed by atoms with Crippen molar-refractivity contribution in [3.63, 3.8) is 0 Å². The molecule has 3 aromatic rings. The highest BCUT2D eigenvalue weighted by molar-refractivity contribution is 9.10. The topological polar surface area (TPSA) is 110 Å². The molecular weight excluding hydrogens is 553 g/mol. The van der Waals surface area contributed by atoms with E-state index < -0.39 is 28.4 Å². The van der Waals surface area contributed by atoms with Crippen LogP contribution in [0.25, 0.3) is 0 Å². The first-order chi connectivity index (χ1) is 15.6. The Bertz CT molecular complexity index is 1280. The Hall–Kier alpha value is -2.43. The summed E-state index contributed by atoms with van der Waals surface area (Å²) in [6.45, 7) is -0.628. The molecule has 33 heavy (non-hydrogen) atoms. The minimum Gasteiger partial charge on any atom is -0.366 e. The number of hydrogen-bond donors (Lipinski definition) is 2. The number of nitrogens with one attached hydrogen (secondary N) is 1. The van der Waals surface area contributed by atoms with Crippen molar-refractivity contribution in [2.75, 3.05) is 11.9 Å². The van der Waals surface area contributed by atoms with Crippen LogP contribution in [0.4, 0.5) is 5.69 Å². The van der Waals surface area contributed by atoms with Crippen LogP contribution in [0, 0.1) is 0 Å². The molecule has 0 aliphatic carbocycles. The Morgan fingerprint density at radius 3 is 2.18 bits per heavy atom. The molecular formula is C22H18BrCl2N3O4S. The molecule has 0 aliphatic rings. The van der Waals surface area contributed by atoms with E-state index in [-0.39, 0.29) is 22.0 Å². The molecule has 0 unspecified atom stereocenters. The van der Waals surface area contributed by atoms with E-state index in [1.165, 1.54) is 42.5 Å². The summed E-state index contributed by atoms with van der Waals surface area (Å²) in [5, 5.41) is 3.31. The first kappa shape index (κ1) is 25.2. The number of halogens is 3. The quantitative estimate of drug-likeness (QED) is 0.409. The summed E-state index contributed by atoms with van der Waals surface area (Å²) >= 11 is 15.5. The van der Waals surface area contributed by atoms with Crippen LogP contribution in [-0.2, 0) is 21.4 Å². The molecule has 0 aliphatic heterocycles. The lowest BCUT2D eigenvalue weighted by atomic mass is 10.2. The molecule has 0 bridgehead atoms. The number of carbonyl (C=O) groups excluding carboxylic acids is 2. The summed E-state index contributed by atoms with van der Waals surface area (Å²) in [6, 6.07) is 16.7. The normalized spacial score (nSPS) is 11.4. The number of sulfonamides is 1. The van der Waals surface area contributed by atoms with Crippen LogP contribution in [0.5, 0.6) is 0 Å². The van der Waals surface area contributed by atoms with E-state index >= 15 is 0 Å². The molecule has 0 saturated carbocycles. The molecule has 0 radical (unpaired) electrons. The van der Waals surface area contributed by atoms with E-state index in [4.69, 9.17) is 28.9 Å². The van der Waals surface area contributed by atoms with Gasteiger partial charge in [-0.1, -0.05) is 45.2 Å². The van der Waals surface area contributed by atoms with Gasteiger partial charge in [-0.05, 0) is 66.2 Å². The number of nitrogens with zero attached hydrogens (tertiary/aromatic N) is 1. The molecule has 3 aromatic carbocycles. The number of primary amides is 1. The molecule has 0 fully saturated rings. The lowest BCUT2D eigenvalue weighted by molar-refractivity contribution is -0.116. The van der Waals surface area contributed by atoms with Gasteiger partial charge in [0.2, 0.25) is 21.8 Å². The van der Waals surface area contributed by atoms with Crippen molar-refractivity contribution in [3.05, 3.63) is 92.4 Å². The molecule has 0 heterocycles. The molecule has 0 saturated heterocycles. The van der Waals surface area contributed by atoms with Crippen LogP contribution < -0.4 is 11.1 Å². The van der Waals surface area contributed by atoms with Gasteiger partial charge < -0.3 is 11.1 Å². The maximum absolute atomic E-state index is 13.3. The zero-order valence-electron chi connectivity index (χ0n) is 17.0. The molecule has 3 N–H and O–H groups in total. The summed E-state index contributed by atoms with van der Waals surface area (Å²) in [6.07, 6.45) is 0. The number of rotatable bonds is 8. The van der Waals surface area contributed by atoms with E-state index in [0.29, 0.717) is 20.7 Å². The average Bonchev–Trinajstić information content (AvgIpc) is 2.75. The highest BCUT2D eigenvalue weighted by Gasteiger charge is 2.27. The summed E-state index contributed by atoms with van der Waals surface area (Å²) < 4.78 is 28.4. The highest BCUT2D eigenvalue weighted by atomic mass is 79.9. The fraction of sp³-hybridized carbons (Fsp3) is 0.0909. The maximum Gasteiger partial charge on any atom is 0.248 e. The number of anilines is 1. The van der Waals surface area contributed by atoms with Crippen molar-refractivity contribution in [1.82, 2.24) is 4.31 Å². The van der Waals surface area contributed by atoms with Gasteiger partial charge in [-0.3, -0.25) is 9.59 Å². The Labute approximate surface area is 209 Å². The van der Waals surface area contributed by atoms with Crippen molar-refractivity contribution in [1.29, 1.82) is 0 Å². The SMILES string of the molecule is NC(=O)c1ccc(NC(=O)CN(Cc2ccc(Cl)cc2Cl)S(=O)(=O)c2ccc(Br)cc2)cc1. The van der Waals surface area contributed by atoms with Crippen LogP contribution in [-0.4, -0.2) is 31.1 Å². The predicted octanol–water partition coefficient (Wildman–Crippen LogP) is 4.68. The predicted molar refractivity (Wildman–Crippen MR) is 132 cm³/mol. The molecule has 0 aromatic heterocycles. The fourth-order valence-corrected chi connectivity index (χ4v) is 5.01. The van der Waals surface area contributed by atoms with Crippen LogP contribution >= 0.6 is 39.1 Å². The molecule has 7 nitrogen and oxygen atoms in total. The van der Waals surface area contributed by atoms with Crippen LogP contribution in [0.15, 0.2) is 76.1 Å². The average molecular weight is 571 g/mol. The van der Waals surface area contributed by atoms with E-state index in [2.05, 4.69) is 21.2 Å². The van der Waals surface area contributed by atoms with Crippen molar-refractivity contribution in [2.45, 2.75) is 11.4 Å². The minimum absolute atomic E-state index is 0.0226. The van der Waals surface area contributed by atoms with Gasteiger partial charge >= 0.3 is 0 Å². The van der Waals surface area contributed by atoms with Gasteiger partial charge in [-0.25, -0.2) is 8.42 Å². The third-order valence-electron chi connectivity index (χ3n) is 4.59. The lowest BCUT2D eigenvalue weighted by Gasteiger charge is -2.22. The first-order valence-electron chi connectivity index (χ1n) is 9.45. The van der Waals surface area contributed by atoms with Crippen LogP contribution in [0.3, 0.4) is 0 Å². The third-order valence-corrected chi connectivity index (χ3v) is 7.51.